The number of amides is 1. The zero-order valence-electron chi connectivity index (χ0n) is 10.7. The summed E-state index contributed by atoms with van der Waals surface area (Å²) in [7, 11) is 1.73. The first-order chi connectivity index (χ1) is 9.86. The molecule has 21 heavy (non-hydrogen) atoms. The summed E-state index contributed by atoms with van der Waals surface area (Å²) in [6, 6.07) is 5.70. The van der Waals surface area contributed by atoms with Gasteiger partial charge in [0.05, 0.1) is 5.02 Å². The molecule has 4 nitrogen and oxygen atoms in total. The first-order valence-corrected chi connectivity index (χ1v) is 6.91. The Morgan fingerprint density at radius 3 is 2.67 bits per heavy atom. The highest BCUT2D eigenvalue weighted by atomic mass is 79.9. The average Bonchev–Trinajstić information content (AvgIpc) is 2.71. The van der Waals surface area contributed by atoms with Crippen LogP contribution in [0.15, 0.2) is 34.9 Å². The van der Waals surface area contributed by atoms with Gasteiger partial charge in [-0.15, -0.1) is 0 Å². The van der Waals surface area contributed by atoms with E-state index in [1.54, 1.807) is 23.9 Å². The van der Waals surface area contributed by atoms with E-state index in [0.717, 1.165) is 4.47 Å². The van der Waals surface area contributed by atoms with Crippen LogP contribution in [0.5, 0.6) is 5.75 Å². The van der Waals surface area contributed by atoms with E-state index in [2.05, 4.69) is 26.0 Å². The van der Waals surface area contributed by atoms with Gasteiger partial charge in [0.15, 0.2) is 0 Å². The van der Waals surface area contributed by atoms with Gasteiger partial charge in [0.2, 0.25) is 0 Å². The van der Waals surface area contributed by atoms with Crippen molar-refractivity contribution in [3.8, 4) is 5.75 Å². The van der Waals surface area contributed by atoms with Gasteiger partial charge in [0.1, 0.15) is 11.4 Å². The summed E-state index contributed by atoms with van der Waals surface area (Å²) in [6.07, 6.45) is 1.74. The number of alkyl halides is 2. The Balaban J connectivity index is 2.15. The van der Waals surface area contributed by atoms with Crippen molar-refractivity contribution in [2.24, 2.45) is 7.05 Å². The first kappa shape index (κ1) is 15.8. The minimum atomic E-state index is -2.95. The lowest BCUT2D eigenvalue weighted by molar-refractivity contribution is -0.0497. The third kappa shape index (κ3) is 3.95. The van der Waals surface area contributed by atoms with Crippen LogP contribution in [0.3, 0.4) is 0 Å². The van der Waals surface area contributed by atoms with Crippen molar-refractivity contribution >= 4 is 39.1 Å². The molecule has 1 aromatic heterocycles. The molecule has 0 aliphatic rings. The second-order valence-corrected chi connectivity index (χ2v) is 5.46. The normalized spacial score (nSPS) is 10.8. The van der Waals surface area contributed by atoms with Gasteiger partial charge in [-0.25, -0.2) is 0 Å². The standard InChI is InChI=1S/C13H10BrClF2N2O2/c1-19-6-7(14)4-10(19)12(20)18-8-2-3-11(9(15)5-8)21-13(16)17/h2-6,13H,1H3,(H,18,20). The quantitative estimate of drug-likeness (QED) is 0.861. The number of benzene rings is 1. The van der Waals surface area contributed by atoms with Crippen LogP contribution in [0.4, 0.5) is 14.5 Å². The molecule has 0 radical (unpaired) electrons. The topological polar surface area (TPSA) is 43.3 Å². The smallest absolute Gasteiger partial charge is 0.387 e. The molecule has 0 aliphatic carbocycles. The Morgan fingerprint density at radius 2 is 2.14 bits per heavy atom. The minimum absolute atomic E-state index is 0.0128. The summed E-state index contributed by atoms with van der Waals surface area (Å²) < 4.78 is 30.9. The molecule has 2 rings (SSSR count). The summed E-state index contributed by atoms with van der Waals surface area (Å²) in [6.45, 7) is -2.95. The number of aromatic nitrogens is 1. The maximum Gasteiger partial charge on any atom is 0.387 e. The number of rotatable bonds is 4. The highest BCUT2D eigenvalue weighted by Gasteiger charge is 2.13. The van der Waals surface area contributed by atoms with Gasteiger partial charge in [-0.2, -0.15) is 8.78 Å². The largest absolute Gasteiger partial charge is 0.433 e. The van der Waals surface area contributed by atoms with Crippen LogP contribution in [-0.2, 0) is 7.05 Å². The third-order valence-corrected chi connectivity index (χ3v) is 3.34. The van der Waals surface area contributed by atoms with Crippen molar-refractivity contribution in [3.63, 3.8) is 0 Å². The maximum absolute atomic E-state index is 12.1. The second-order valence-electron chi connectivity index (χ2n) is 4.13. The molecule has 0 saturated carbocycles. The minimum Gasteiger partial charge on any atom is -0.433 e. The van der Waals surface area contributed by atoms with Crippen molar-refractivity contribution in [1.29, 1.82) is 0 Å². The van der Waals surface area contributed by atoms with Crippen LogP contribution in [0.1, 0.15) is 10.5 Å². The molecule has 0 spiro atoms. The van der Waals surface area contributed by atoms with Crippen molar-refractivity contribution < 1.29 is 18.3 Å². The molecule has 0 aliphatic heterocycles. The molecule has 0 fully saturated rings. The van der Waals surface area contributed by atoms with Crippen molar-refractivity contribution in [2.45, 2.75) is 6.61 Å². The number of nitrogens with zero attached hydrogens (tertiary/aromatic N) is 1. The Labute approximate surface area is 132 Å². The van der Waals surface area contributed by atoms with Gasteiger partial charge in [-0.1, -0.05) is 11.6 Å². The lowest BCUT2D eigenvalue weighted by Crippen LogP contribution is -2.15. The molecular formula is C13H10BrClF2N2O2. The fourth-order valence-corrected chi connectivity index (χ4v) is 2.46. The van der Waals surface area contributed by atoms with Gasteiger partial charge in [0, 0.05) is 23.4 Å². The van der Waals surface area contributed by atoms with Gasteiger partial charge >= 0.3 is 6.61 Å². The second kappa shape index (κ2) is 6.44. The molecule has 0 saturated heterocycles. The van der Waals surface area contributed by atoms with E-state index in [1.807, 2.05) is 0 Å². The first-order valence-electron chi connectivity index (χ1n) is 5.74. The third-order valence-electron chi connectivity index (χ3n) is 2.61. The van der Waals surface area contributed by atoms with Crippen molar-refractivity contribution in [3.05, 3.63) is 45.7 Å². The number of hydrogen-bond acceptors (Lipinski definition) is 2. The summed E-state index contributed by atoms with van der Waals surface area (Å²) in [5, 5.41) is 2.61. The molecule has 1 aromatic carbocycles. The molecule has 0 atom stereocenters. The van der Waals surface area contributed by atoms with E-state index in [9.17, 15) is 13.6 Å². The highest BCUT2D eigenvalue weighted by molar-refractivity contribution is 9.10. The Hall–Kier alpha value is -1.60. The fourth-order valence-electron chi connectivity index (χ4n) is 1.72. The van der Waals surface area contributed by atoms with E-state index in [4.69, 9.17) is 11.6 Å². The summed E-state index contributed by atoms with van der Waals surface area (Å²) in [5.41, 5.74) is 0.815. The number of aryl methyl sites for hydroxylation is 1. The summed E-state index contributed by atoms with van der Waals surface area (Å²) >= 11 is 9.09. The highest BCUT2D eigenvalue weighted by Crippen LogP contribution is 2.29. The van der Waals surface area contributed by atoms with Crippen molar-refractivity contribution in [2.75, 3.05) is 5.32 Å². The van der Waals surface area contributed by atoms with Crippen LogP contribution in [0, 0.1) is 0 Å². The maximum atomic E-state index is 12.1. The van der Waals surface area contributed by atoms with Crippen LogP contribution in [0.2, 0.25) is 5.02 Å². The molecule has 1 amide bonds. The van der Waals surface area contributed by atoms with E-state index in [1.165, 1.54) is 18.2 Å². The zero-order valence-corrected chi connectivity index (χ0v) is 13.1. The van der Waals surface area contributed by atoms with Gasteiger partial charge < -0.3 is 14.6 Å². The van der Waals surface area contributed by atoms with Gasteiger partial charge in [0.25, 0.3) is 5.91 Å². The van der Waals surface area contributed by atoms with Gasteiger partial charge in [-0.3, -0.25) is 4.79 Å². The van der Waals surface area contributed by atoms with E-state index >= 15 is 0 Å². The fraction of sp³-hybridized carbons (Fsp3) is 0.154. The van der Waals surface area contributed by atoms with Crippen LogP contribution in [-0.4, -0.2) is 17.1 Å². The molecule has 0 bridgehead atoms. The average molecular weight is 380 g/mol. The number of nitrogens with one attached hydrogen (secondary N) is 1. The summed E-state index contributed by atoms with van der Waals surface area (Å²) in [5.74, 6) is -0.493. The van der Waals surface area contributed by atoms with Gasteiger partial charge in [-0.05, 0) is 40.2 Å². The van der Waals surface area contributed by atoms with Crippen molar-refractivity contribution in [1.82, 2.24) is 4.57 Å². The Bertz CT molecular complexity index is 676. The van der Waals surface area contributed by atoms with Crippen LogP contribution >= 0.6 is 27.5 Å². The van der Waals surface area contributed by atoms with E-state index < -0.39 is 6.61 Å². The molecule has 1 heterocycles. The molecule has 1 N–H and O–H groups in total. The Kier molecular flexibility index (Phi) is 4.84. The number of anilines is 1. The predicted octanol–water partition coefficient (Wildman–Crippen LogP) is 4.29. The molecule has 0 unspecified atom stereocenters. The molecule has 8 heteroatoms. The lowest BCUT2D eigenvalue weighted by atomic mass is 10.3. The SMILES string of the molecule is Cn1cc(Br)cc1C(=O)Nc1ccc(OC(F)F)c(Cl)c1. The monoisotopic (exact) mass is 378 g/mol. The molecular weight excluding hydrogens is 370 g/mol. The zero-order chi connectivity index (χ0) is 15.6. The molecule has 112 valence electrons. The molecule has 2 aromatic rings. The number of hydrogen-bond donors (Lipinski definition) is 1. The number of ether oxygens (including phenoxy) is 1. The number of carbonyl (C=O) groups excluding carboxylic acids is 1. The Morgan fingerprint density at radius 1 is 1.43 bits per heavy atom. The number of carbonyl (C=O) groups is 1. The van der Waals surface area contributed by atoms with Crippen LogP contribution in [0.25, 0.3) is 0 Å². The van der Waals surface area contributed by atoms with E-state index in [0.29, 0.717) is 11.4 Å². The summed E-state index contributed by atoms with van der Waals surface area (Å²) in [4.78, 5) is 12.1. The number of halogens is 4. The predicted molar refractivity (Wildman–Crippen MR) is 79.2 cm³/mol. The van der Waals surface area contributed by atoms with E-state index in [-0.39, 0.29) is 16.7 Å². The lowest BCUT2D eigenvalue weighted by Gasteiger charge is -2.10. The van der Waals surface area contributed by atoms with Crippen LogP contribution < -0.4 is 10.1 Å².